The second kappa shape index (κ2) is 3.98. The minimum Gasteiger partial charge on any atom is -1.00 e. The number of halogens is 1. The Bertz CT molecular complexity index is 238. The van der Waals surface area contributed by atoms with Crippen molar-refractivity contribution < 1.29 is 17.0 Å². The van der Waals surface area contributed by atoms with Gasteiger partial charge in [-0.25, -0.2) is 9.55 Å². The van der Waals surface area contributed by atoms with Crippen LogP contribution in [0.5, 0.6) is 0 Å². The van der Waals surface area contributed by atoms with Crippen LogP contribution < -0.4 is 17.0 Å². The lowest BCUT2D eigenvalue weighted by atomic mass is 10.4. The van der Waals surface area contributed by atoms with Crippen molar-refractivity contribution in [1.82, 2.24) is 4.98 Å². The van der Waals surface area contributed by atoms with Gasteiger partial charge in [-0.15, -0.1) is 0 Å². The molecule has 0 aliphatic heterocycles. The van der Waals surface area contributed by atoms with Crippen LogP contribution in [0.2, 0.25) is 0 Å². The van der Waals surface area contributed by atoms with E-state index in [4.69, 9.17) is 0 Å². The Balaban J connectivity index is 0.000001000. The molecule has 1 aromatic heterocycles. The van der Waals surface area contributed by atoms with Crippen molar-refractivity contribution in [2.45, 2.75) is 0 Å². The second-order valence-electron chi connectivity index (χ2n) is 2.07. The first-order chi connectivity index (χ1) is 4.79. The zero-order valence-electron chi connectivity index (χ0n) is 6.47. The van der Waals surface area contributed by atoms with Crippen LogP contribution in [0.15, 0.2) is 19.4 Å². The zero-order chi connectivity index (χ0) is 7.56. The lowest BCUT2D eigenvalue weighted by Gasteiger charge is -1.86. The maximum Gasteiger partial charge on any atom is 0.278 e. The summed E-state index contributed by atoms with van der Waals surface area (Å²) in [5.74, 6) is 0.995. The van der Waals surface area contributed by atoms with Crippen molar-refractivity contribution in [2.75, 3.05) is 0 Å². The molecular formula is C8H11ClN2. The van der Waals surface area contributed by atoms with E-state index in [1.54, 1.807) is 12.2 Å². The largest absolute Gasteiger partial charge is 1.00 e. The minimum atomic E-state index is 0. The summed E-state index contributed by atoms with van der Waals surface area (Å²) in [7, 11) is 1.96. The summed E-state index contributed by atoms with van der Waals surface area (Å²) in [6.45, 7) is 7.32. The van der Waals surface area contributed by atoms with Crippen LogP contribution in [0.25, 0.3) is 12.2 Å². The molecule has 0 aliphatic rings. The van der Waals surface area contributed by atoms with Crippen molar-refractivity contribution in [1.29, 1.82) is 0 Å². The molecule has 0 atom stereocenters. The molecule has 2 nitrogen and oxygen atoms in total. The first-order valence-electron chi connectivity index (χ1n) is 3.12. The maximum absolute atomic E-state index is 3.66. The Morgan fingerprint density at radius 3 is 2.36 bits per heavy atom. The van der Waals surface area contributed by atoms with E-state index in [2.05, 4.69) is 18.1 Å². The van der Waals surface area contributed by atoms with Gasteiger partial charge in [0.25, 0.3) is 5.82 Å². The summed E-state index contributed by atoms with van der Waals surface area (Å²) in [5, 5.41) is 0. The quantitative estimate of drug-likeness (QED) is 0.502. The molecule has 0 aliphatic carbocycles. The Morgan fingerprint density at radius 2 is 2.09 bits per heavy atom. The highest BCUT2D eigenvalue weighted by Gasteiger charge is 2.05. The molecule has 1 rings (SSSR count). The molecule has 60 valence electrons. The number of rotatable bonds is 2. The van der Waals surface area contributed by atoms with Gasteiger partial charge in [0.05, 0.1) is 7.05 Å². The van der Waals surface area contributed by atoms with Crippen LogP contribution in [0.3, 0.4) is 0 Å². The third-order valence-corrected chi connectivity index (χ3v) is 1.52. The van der Waals surface area contributed by atoms with Crippen LogP contribution in [0.1, 0.15) is 11.5 Å². The van der Waals surface area contributed by atoms with Crippen LogP contribution in [-0.4, -0.2) is 4.98 Å². The third kappa shape index (κ3) is 1.71. The molecule has 0 saturated carbocycles. The highest BCUT2D eigenvalue weighted by Crippen LogP contribution is 1.94. The highest BCUT2D eigenvalue weighted by atomic mass is 35.5. The van der Waals surface area contributed by atoms with Gasteiger partial charge in [-0.1, -0.05) is 13.2 Å². The predicted octanol–water partition coefficient (Wildman–Crippen LogP) is -1.87. The highest BCUT2D eigenvalue weighted by molar-refractivity contribution is 5.40. The number of imidazole rings is 1. The first kappa shape index (κ1) is 9.98. The second-order valence-corrected chi connectivity index (χ2v) is 2.07. The van der Waals surface area contributed by atoms with Gasteiger partial charge in [0, 0.05) is 6.08 Å². The molecule has 3 heteroatoms. The van der Waals surface area contributed by atoms with Gasteiger partial charge in [-0.3, -0.25) is 0 Å². The first-order valence-corrected chi connectivity index (χ1v) is 3.12. The lowest BCUT2D eigenvalue weighted by Crippen LogP contribution is -3.00. The van der Waals surface area contributed by atoms with Crippen LogP contribution >= 0.6 is 0 Å². The number of aromatic amines is 1. The van der Waals surface area contributed by atoms with Crippen LogP contribution in [-0.2, 0) is 7.05 Å². The summed E-state index contributed by atoms with van der Waals surface area (Å²) in [6.07, 6.45) is 5.46. The van der Waals surface area contributed by atoms with E-state index in [9.17, 15) is 0 Å². The Labute approximate surface area is 72.7 Å². The fraction of sp³-hybridized carbons (Fsp3) is 0.125. The molecule has 1 heterocycles. The third-order valence-electron chi connectivity index (χ3n) is 1.52. The molecule has 1 N–H and O–H groups in total. The number of nitrogens with one attached hydrogen (secondary N) is 1. The molecule has 0 aromatic carbocycles. The summed E-state index contributed by atoms with van der Waals surface area (Å²) < 4.78 is 1.99. The number of hydrogen-bond acceptors (Lipinski definition) is 0. The van der Waals surface area contributed by atoms with Gasteiger partial charge in [0.1, 0.15) is 6.20 Å². The van der Waals surface area contributed by atoms with Gasteiger partial charge in [-0.05, 0) is 6.08 Å². The molecule has 0 unspecified atom stereocenters. The average molecular weight is 171 g/mol. The Morgan fingerprint density at radius 1 is 1.45 bits per heavy atom. The molecular weight excluding hydrogens is 160 g/mol. The van der Waals surface area contributed by atoms with Gasteiger partial charge in [0.15, 0.2) is 5.69 Å². The molecule has 0 fully saturated rings. The average Bonchev–Trinajstić information content (AvgIpc) is 2.30. The van der Waals surface area contributed by atoms with Gasteiger partial charge >= 0.3 is 0 Å². The minimum absolute atomic E-state index is 0. The van der Waals surface area contributed by atoms with E-state index < -0.39 is 0 Å². The molecule has 0 radical (unpaired) electrons. The number of hydrogen-bond donors (Lipinski definition) is 1. The molecule has 1 aromatic rings. The van der Waals surface area contributed by atoms with Crippen molar-refractivity contribution in [3.63, 3.8) is 0 Å². The molecule has 0 spiro atoms. The predicted molar refractivity (Wildman–Crippen MR) is 42.2 cm³/mol. The molecule has 0 bridgehead atoms. The fourth-order valence-electron chi connectivity index (χ4n) is 0.872. The van der Waals surface area contributed by atoms with Crippen molar-refractivity contribution in [2.24, 2.45) is 7.05 Å². The Kier molecular flexibility index (Phi) is 3.61. The molecule has 0 saturated heterocycles. The van der Waals surface area contributed by atoms with Gasteiger partial charge in [-0.2, -0.15) is 0 Å². The summed E-state index contributed by atoms with van der Waals surface area (Å²) in [6, 6.07) is 0. The summed E-state index contributed by atoms with van der Waals surface area (Å²) in [5.41, 5.74) is 1.06. The molecule has 0 amide bonds. The van der Waals surface area contributed by atoms with Gasteiger partial charge in [0.2, 0.25) is 0 Å². The van der Waals surface area contributed by atoms with E-state index in [1.165, 1.54) is 0 Å². The smallest absolute Gasteiger partial charge is 0.278 e. The van der Waals surface area contributed by atoms with Crippen molar-refractivity contribution >= 4 is 12.2 Å². The number of nitrogens with zero attached hydrogens (tertiary/aromatic N) is 1. The maximum atomic E-state index is 3.66. The Hall–Kier alpha value is -1.02. The standard InChI is InChI=1S/C8H10N2.ClH/c1-4-7-6-9-8(5-2)10(7)3;/h4-6H,1-2H2,3H3;1H. The monoisotopic (exact) mass is 170 g/mol. The topological polar surface area (TPSA) is 19.7 Å². The van der Waals surface area contributed by atoms with E-state index >= 15 is 0 Å². The lowest BCUT2D eigenvalue weighted by molar-refractivity contribution is -0.673. The van der Waals surface area contributed by atoms with Crippen LogP contribution in [0.4, 0.5) is 0 Å². The van der Waals surface area contributed by atoms with E-state index in [0.29, 0.717) is 0 Å². The normalized spacial score (nSPS) is 8.45. The summed E-state index contributed by atoms with van der Waals surface area (Å²) in [4.78, 5) is 3.05. The fourth-order valence-corrected chi connectivity index (χ4v) is 0.872. The van der Waals surface area contributed by atoms with E-state index in [0.717, 1.165) is 11.5 Å². The zero-order valence-corrected chi connectivity index (χ0v) is 7.23. The van der Waals surface area contributed by atoms with E-state index in [1.807, 2.05) is 17.8 Å². The number of aromatic nitrogens is 2. The van der Waals surface area contributed by atoms with Crippen molar-refractivity contribution in [3.05, 3.63) is 30.9 Å². The van der Waals surface area contributed by atoms with E-state index in [-0.39, 0.29) is 12.4 Å². The SMILES string of the molecule is C=Cc1c[nH]c(C=C)[n+]1C.[Cl-]. The van der Waals surface area contributed by atoms with Crippen LogP contribution in [0, 0.1) is 0 Å². The van der Waals surface area contributed by atoms with Gasteiger partial charge < -0.3 is 12.4 Å². The van der Waals surface area contributed by atoms with Crippen molar-refractivity contribution in [3.8, 4) is 0 Å². The molecule has 11 heavy (non-hydrogen) atoms. The summed E-state index contributed by atoms with van der Waals surface area (Å²) >= 11 is 0. The number of H-pyrrole nitrogens is 1.